The van der Waals surface area contributed by atoms with E-state index in [0.29, 0.717) is 70.0 Å². The van der Waals surface area contributed by atoms with Gasteiger partial charge in [-0.25, -0.2) is 0 Å². The summed E-state index contributed by atoms with van der Waals surface area (Å²) in [5.74, 6) is 1.09. The van der Waals surface area contributed by atoms with E-state index in [1.165, 1.54) is 0 Å². The fourth-order valence-corrected chi connectivity index (χ4v) is 1.96. The number of methoxy groups -OCH3 is 2. The van der Waals surface area contributed by atoms with Crippen LogP contribution in [-0.4, -0.2) is 67.1 Å². The first-order chi connectivity index (χ1) is 12.7. The van der Waals surface area contributed by atoms with Gasteiger partial charge in [0.05, 0.1) is 45.3 Å². The lowest BCUT2D eigenvalue weighted by Crippen LogP contribution is -2.11. The van der Waals surface area contributed by atoms with Crippen LogP contribution in [0.4, 0.5) is 5.69 Å². The van der Waals surface area contributed by atoms with E-state index in [2.05, 4.69) is 10.0 Å². The number of benzene rings is 1. The summed E-state index contributed by atoms with van der Waals surface area (Å²) in [5.41, 5.74) is 9.97. The highest BCUT2D eigenvalue weighted by Crippen LogP contribution is 2.35. The van der Waals surface area contributed by atoms with Crippen LogP contribution in [0.25, 0.3) is 10.4 Å². The van der Waals surface area contributed by atoms with E-state index in [-0.39, 0.29) is 0 Å². The SMILES string of the molecule is COCCOCCOc1cc(OCCOCCOC)c(N=[N+]=[N-])cc1C. The first-order valence-electron chi connectivity index (χ1n) is 8.31. The van der Waals surface area contributed by atoms with Crippen LogP contribution in [0.15, 0.2) is 17.2 Å². The Hall–Kier alpha value is -2.03. The summed E-state index contributed by atoms with van der Waals surface area (Å²) in [5, 5.41) is 3.67. The molecular formula is C17H27N3O6. The summed E-state index contributed by atoms with van der Waals surface area (Å²) in [6.45, 7) is 5.52. The topological polar surface area (TPSA) is 104 Å². The molecule has 0 amide bonds. The molecule has 0 saturated heterocycles. The lowest BCUT2D eigenvalue weighted by molar-refractivity contribution is 0.0532. The average Bonchev–Trinajstić information content (AvgIpc) is 2.63. The smallest absolute Gasteiger partial charge is 0.132 e. The molecule has 1 aromatic rings. The summed E-state index contributed by atoms with van der Waals surface area (Å²) < 4.78 is 31.9. The number of aryl methyl sites for hydroxylation is 1. The van der Waals surface area contributed by atoms with Crippen LogP contribution in [0, 0.1) is 6.92 Å². The molecule has 0 heterocycles. The second-order valence-electron chi connectivity index (χ2n) is 5.18. The number of rotatable bonds is 15. The van der Waals surface area contributed by atoms with Crippen molar-refractivity contribution in [3.8, 4) is 11.5 Å². The molecule has 0 fully saturated rings. The van der Waals surface area contributed by atoms with Crippen molar-refractivity contribution < 1.29 is 28.4 Å². The molecule has 0 aliphatic rings. The maximum absolute atomic E-state index is 8.72. The van der Waals surface area contributed by atoms with E-state index in [9.17, 15) is 0 Å². The lowest BCUT2D eigenvalue weighted by Gasteiger charge is -2.14. The summed E-state index contributed by atoms with van der Waals surface area (Å²) in [6, 6.07) is 3.44. The molecule has 0 saturated carbocycles. The molecule has 0 aliphatic heterocycles. The molecular weight excluding hydrogens is 342 g/mol. The van der Waals surface area contributed by atoms with Crippen molar-refractivity contribution >= 4 is 5.69 Å². The molecule has 9 heteroatoms. The van der Waals surface area contributed by atoms with E-state index >= 15 is 0 Å². The third-order valence-electron chi connectivity index (χ3n) is 3.24. The van der Waals surface area contributed by atoms with Crippen LogP contribution in [0.2, 0.25) is 0 Å². The van der Waals surface area contributed by atoms with Gasteiger partial charge in [0.1, 0.15) is 24.7 Å². The maximum Gasteiger partial charge on any atom is 0.132 e. The summed E-state index contributed by atoms with van der Waals surface area (Å²) in [4.78, 5) is 2.83. The largest absolute Gasteiger partial charge is 0.491 e. The Morgan fingerprint density at radius 1 is 0.808 bits per heavy atom. The van der Waals surface area contributed by atoms with Gasteiger partial charge >= 0.3 is 0 Å². The first-order valence-corrected chi connectivity index (χ1v) is 8.31. The van der Waals surface area contributed by atoms with Gasteiger partial charge in [0.15, 0.2) is 0 Å². The molecule has 0 radical (unpaired) electrons. The third-order valence-corrected chi connectivity index (χ3v) is 3.24. The van der Waals surface area contributed by atoms with Gasteiger partial charge in [-0.05, 0) is 24.1 Å². The Bertz CT molecular complexity index is 564. The van der Waals surface area contributed by atoms with E-state index in [1.54, 1.807) is 26.4 Å². The monoisotopic (exact) mass is 369 g/mol. The number of ether oxygens (including phenoxy) is 6. The molecule has 0 aliphatic carbocycles. The van der Waals surface area contributed by atoms with Crippen LogP contribution < -0.4 is 9.47 Å². The molecule has 0 N–H and O–H groups in total. The molecule has 9 nitrogen and oxygen atoms in total. The highest BCUT2D eigenvalue weighted by Gasteiger charge is 2.09. The molecule has 0 spiro atoms. The molecule has 146 valence electrons. The van der Waals surface area contributed by atoms with Crippen molar-refractivity contribution in [2.24, 2.45) is 5.11 Å². The van der Waals surface area contributed by atoms with Gasteiger partial charge in [0.2, 0.25) is 0 Å². The highest BCUT2D eigenvalue weighted by atomic mass is 16.5. The van der Waals surface area contributed by atoms with E-state index in [1.807, 2.05) is 6.92 Å². The van der Waals surface area contributed by atoms with Crippen molar-refractivity contribution in [2.75, 3.05) is 67.1 Å². The number of azide groups is 1. The zero-order chi connectivity index (χ0) is 19.0. The van der Waals surface area contributed by atoms with Crippen LogP contribution in [0.5, 0.6) is 11.5 Å². The van der Waals surface area contributed by atoms with Crippen molar-refractivity contribution in [3.05, 3.63) is 28.1 Å². The maximum atomic E-state index is 8.72. The van der Waals surface area contributed by atoms with Crippen LogP contribution >= 0.6 is 0 Å². The van der Waals surface area contributed by atoms with Crippen molar-refractivity contribution in [1.82, 2.24) is 0 Å². The second-order valence-corrected chi connectivity index (χ2v) is 5.18. The van der Waals surface area contributed by atoms with E-state index in [0.717, 1.165) is 5.56 Å². The summed E-state index contributed by atoms with van der Waals surface area (Å²) in [6.07, 6.45) is 0. The molecule has 1 rings (SSSR count). The molecule has 26 heavy (non-hydrogen) atoms. The number of hydrogen-bond acceptors (Lipinski definition) is 7. The summed E-state index contributed by atoms with van der Waals surface area (Å²) in [7, 11) is 3.24. The van der Waals surface area contributed by atoms with Gasteiger partial charge in [-0.2, -0.15) is 0 Å². The number of nitrogens with zero attached hydrogens (tertiary/aromatic N) is 3. The molecule has 0 atom stereocenters. The standard InChI is InChI=1S/C17H27N3O6/c1-14-12-15(19-20-18)17(26-11-9-24-7-5-22-3)13-16(14)25-10-8-23-6-4-21-2/h12-13H,4-11H2,1-3H3. The zero-order valence-corrected chi connectivity index (χ0v) is 15.6. The Morgan fingerprint density at radius 3 is 1.88 bits per heavy atom. The minimum absolute atomic E-state index is 0.320. The average molecular weight is 369 g/mol. The van der Waals surface area contributed by atoms with Crippen molar-refractivity contribution in [2.45, 2.75) is 6.92 Å². The fourth-order valence-electron chi connectivity index (χ4n) is 1.96. The normalized spacial score (nSPS) is 10.4. The quantitative estimate of drug-likeness (QED) is 0.204. The van der Waals surface area contributed by atoms with Gasteiger partial charge in [0, 0.05) is 25.2 Å². The van der Waals surface area contributed by atoms with Gasteiger partial charge in [-0.1, -0.05) is 5.11 Å². The highest BCUT2D eigenvalue weighted by molar-refractivity contribution is 5.58. The van der Waals surface area contributed by atoms with Crippen molar-refractivity contribution in [3.63, 3.8) is 0 Å². The fraction of sp³-hybridized carbons (Fsp3) is 0.647. The molecule has 0 bridgehead atoms. The van der Waals surface area contributed by atoms with E-state index in [4.69, 9.17) is 34.0 Å². The predicted octanol–water partition coefficient (Wildman–Crippen LogP) is 3.02. The van der Waals surface area contributed by atoms with Gasteiger partial charge in [-0.3, -0.25) is 0 Å². The Kier molecular flexibility index (Phi) is 12.0. The molecule has 0 unspecified atom stereocenters. The van der Waals surface area contributed by atoms with Crippen LogP contribution in [0.1, 0.15) is 5.56 Å². The Morgan fingerprint density at radius 2 is 1.35 bits per heavy atom. The lowest BCUT2D eigenvalue weighted by atomic mass is 10.2. The summed E-state index contributed by atoms with van der Waals surface area (Å²) >= 11 is 0. The Labute approximate surface area is 153 Å². The number of hydrogen-bond donors (Lipinski definition) is 0. The van der Waals surface area contributed by atoms with Gasteiger partial charge in [0.25, 0.3) is 0 Å². The molecule has 1 aromatic carbocycles. The predicted molar refractivity (Wildman–Crippen MR) is 96.4 cm³/mol. The first kappa shape index (κ1) is 22.0. The molecule has 0 aromatic heterocycles. The van der Waals surface area contributed by atoms with Gasteiger partial charge < -0.3 is 28.4 Å². The minimum atomic E-state index is 0.320. The minimum Gasteiger partial charge on any atom is -0.491 e. The van der Waals surface area contributed by atoms with Crippen LogP contribution in [-0.2, 0) is 18.9 Å². The van der Waals surface area contributed by atoms with Crippen LogP contribution in [0.3, 0.4) is 0 Å². The van der Waals surface area contributed by atoms with Crippen molar-refractivity contribution in [1.29, 1.82) is 0 Å². The third kappa shape index (κ3) is 8.89. The van der Waals surface area contributed by atoms with Gasteiger partial charge in [-0.15, -0.1) is 0 Å². The van der Waals surface area contributed by atoms with E-state index < -0.39 is 0 Å². The Balaban J connectivity index is 2.58. The second kappa shape index (κ2) is 14.2. The zero-order valence-electron chi connectivity index (χ0n) is 15.6.